The van der Waals surface area contributed by atoms with Gasteiger partial charge in [0, 0.05) is 0 Å². The summed E-state index contributed by atoms with van der Waals surface area (Å²) in [6, 6.07) is 17.2. The molecular formula is C15H12F3NOS. The quantitative estimate of drug-likeness (QED) is 0.436. The Bertz CT molecular complexity index is 609. The highest BCUT2D eigenvalue weighted by molar-refractivity contribution is 7.95. The molecule has 0 aromatic heterocycles. The Hall–Kier alpha value is -1.95. The Morgan fingerprint density at radius 3 is 2.10 bits per heavy atom. The number of benzene rings is 2. The minimum Gasteiger partial charge on any atom is -0.313 e. The summed E-state index contributed by atoms with van der Waals surface area (Å²) < 4.78 is 40.0. The van der Waals surface area contributed by atoms with E-state index in [1.807, 2.05) is 42.5 Å². The largest absolute Gasteiger partial charge is 0.482 e. The van der Waals surface area contributed by atoms with Crippen molar-refractivity contribution in [3.8, 4) is 11.1 Å². The summed E-state index contributed by atoms with van der Waals surface area (Å²) in [5.74, 6) is 0. The molecule has 2 rings (SSSR count). The van der Waals surface area contributed by atoms with Crippen molar-refractivity contribution >= 4 is 17.8 Å². The van der Waals surface area contributed by atoms with Crippen LogP contribution in [0.15, 0.2) is 59.8 Å². The van der Waals surface area contributed by atoms with Crippen LogP contribution < -0.4 is 0 Å². The van der Waals surface area contributed by atoms with Gasteiger partial charge in [0.1, 0.15) is 0 Å². The van der Waals surface area contributed by atoms with E-state index < -0.39 is 17.6 Å². The lowest BCUT2D eigenvalue weighted by Gasteiger charge is -2.05. The van der Waals surface area contributed by atoms with Gasteiger partial charge < -0.3 is 4.28 Å². The van der Waals surface area contributed by atoms with Crippen molar-refractivity contribution in [3.63, 3.8) is 0 Å². The van der Waals surface area contributed by atoms with Crippen molar-refractivity contribution in [2.75, 3.05) is 0 Å². The fourth-order valence-electron chi connectivity index (χ4n) is 1.70. The van der Waals surface area contributed by atoms with E-state index >= 15 is 0 Å². The molecule has 0 aliphatic carbocycles. The highest BCUT2D eigenvalue weighted by atomic mass is 32.2. The molecule has 0 heterocycles. The number of nitrogens with zero attached hydrogens (tertiary/aromatic N) is 1. The number of rotatable bonds is 4. The molecule has 110 valence electrons. The molecule has 2 nitrogen and oxygen atoms in total. The van der Waals surface area contributed by atoms with Crippen LogP contribution in [0.4, 0.5) is 13.2 Å². The van der Waals surface area contributed by atoms with Crippen LogP contribution in [-0.4, -0.2) is 11.2 Å². The summed E-state index contributed by atoms with van der Waals surface area (Å²) in [7, 11) is 0. The van der Waals surface area contributed by atoms with Crippen molar-refractivity contribution < 1.29 is 17.5 Å². The molecule has 0 aliphatic rings. The Morgan fingerprint density at radius 1 is 0.952 bits per heavy atom. The minimum atomic E-state index is -4.46. The van der Waals surface area contributed by atoms with E-state index in [4.69, 9.17) is 0 Å². The molecule has 0 fully saturated rings. The lowest BCUT2D eigenvalue weighted by atomic mass is 10.0. The lowest BCUT2D eigenvalue weighted by Crippen LogP contribution is -2.01. The molecule has 6 heteroatoms. The molecule has 0 bridgehead atoms. The molecule has 0 radical (unpaired) electrons. The smallest absolute Gasteiger partial charge is 0.313 e. The Kier molecular flexibility index (Phi) is 4.90. The second-order valence-electron chi connectivity index (χ2n) is 4.22. The van der Waals surface area contributed by atoms with Crippen molar-refractivity contribution in [2.24, 2.45) is 5.16 Å². The maximum absolute atomic E-state index is 11.9. The molecule has 2 aromatic carbocycles. The molecule has 2 aromatic rings. The van der Waals surface area contributed by atoms with Crippen molar-refractivity contribution in [3.05, 3.63) is 60.2 Å². The second-order valence-corrected chi connectivity index (χ2v) is 5.00. The lowest BCUT2D eigenvalue weighted by molar-refractivity contribution is -0.0396. The molecule has 0 spiro atoms. The van der Waals surface area contributed by atoms with Gasteiger partial charge in [-0.25, -0.2) is 0 Å². The van der Waals surface area contributed by atoms with Crippen LogP contribution in [0.2, 0.25) is 0 Å². The van der Waals surface area contributed by atoms with Crippen LogP contribution in [0.3, 0.4) is 0 Å². The molecule has 0 saturated carbocycles. The first-order valence-corrected chi connectivity index (χ1v) is 6.82. The van der Waals surface area contributed by atoms with E-state index in [9.17, 15) is 13.2 Å². The van der Waals surface area contributed by atoms with Gasteiger partial charge in [-0.15, -0.1) is 0 Å². The van der Waals surface area contributed by atoms with Gasteiger partial charge >= 0.3 is 5.51 Å². The van der Waals surface area contributed by atoms with Crippen LogP contribution in [0, 0.1) is 0 Å². The van der Waals surface area contributed by atoms with Crippen molar-refractivity contribution in [1.29, 1.82) is 0 Å². The van der Waals surface area contributed by atoms with Crippen LogP contribution in [0.25, 0.3) is 11.1 Å². The van der Waals surface area contributed by atoms with Crippen molar-refractivity contribution in [2.45, 2.75) is 12.4 Å². The van der Waals surface area contributed by atoms with Gasteiger partial charge in [0.15, 0.2) is 0 Å². The van der Waals surface area contributed by atoms with Crippen LogP contribution in [-0.2, 0) is 4.28 Å². The summed E-state index contributed by atoms with van der Waals surface area (Å²) >= 11 is -0.631. The zero-order chi connectivity index (χ0) is 15.3. The first kappa shape index (κ1) is 15.4. The van der Waals surface area contributed by atoms with E-state index in [2.05, 4.69) is 9.44 Å². The first-order chi connectivity index (χ1) is 9.96. The molecule has 0 aliphatic heterocycles. The molecular weight excluding hydrogens is 299 g/mol. The Morgan fingerprint density at radius 2 is 1.52 bits per heavy atom. The third kappa shape index (κ3) is 4.82. The topological polar surface area (TPSA) is 21.6 Å². The monoisotopic (exact) mass is 311 g/mol. The summed E-state index contributed by atoms with van der Waals surface area (Å²) in [6.07, 6.45) is 0. The predicted molar refractivity (Wildman–Crippen MR) is 78.8 cm³/mol. The number of halogens is 3. The third-order valence-corrected chi connectivity index (χ3v) is 3.05. The normalized spacial score (nSPS) is 12.3. The Balaban J connectivity index is 2.07. The zero-order valence-corrected chi connectivity index (χ0v) is 11.9. The van der Waals surface area contributed by atoms with E-state index in [0.717, 1.165) is 11.1 Å². The van der Waals surface area contributed by atoms with Gasteiger partial charge in [-0.1, -0.05) is 59.8 Å². The van der Waals surface area contributed by atoms with Crippen LogP contribution in [0.5, 0.6) is 0 Å². The van der Waals surface area contributed by atoms with Gasteiger partial charge in [-0.2, -0.15) is 13.2 Å². The number of hydrogen-bond donors (Lipinski definition) is 0. The van der Waals surface area contributed by atoms with E-state index in [1.165, 1.54) is 0 Å². The molecule has 0 saturated heterocycles. The average molecular weight is 311 g/mol. The highest BCUT2D eigenvalue weighted by Gasteiger charge is 2.31. The van der Waals surface area contributed by atoms with E-state index in [-0.39, 0.29) is 0 Å². The predicted octanol–water partition coefficient (Wildman–Crippen LogP) is 5.26. The molecule has 0 amide bonds. The maximum Gasteiger partial charge on any atom is 0.482 e. The fourth-order valence-corrected chi connectivity index (χ4v) is 1.94. The Labute approximate surface area is 124 Å². The van der Waals surface area contributed by atoms with E-state index in [1.54, 1.807) is 19.1 Å². The number of oxime groups is 1. The average Bonchev–Trinajstić information content (AvgIpc) is 2.47. The van der Waals surface area contributed by atoms with Gasteiger partial charge in [0.05, 0.1) is 5.71 Å². The van der Waals surface area contributed by atoms with Gasteiger partial charge in [0.2, 0.25) is 12.0 Å². The summed E-state index contributed by atoms with van der Waals surface area (Å²) in [5.41, 5.74) is -1.27. The SMILES string of the molecule is CC(=NOSC(F)(F)F)c1ccc(-c2ccccc2)cc1. The standard InChI is InChI=1S/C15H12F3NOS/c1-11(19-20-21-15(16,17)18)12-7-9-14(10-8-12)13-5-3-2-4-6-13/h2-10H,1H3. The molecule has 0 unspecified atom stereocenters. The van der Waals surface area contributed by atoms with Gasteiger partial charge in [-0.3, -0.25) is 0 Å². The van der Waals surface area contributed by atoms with E-state index in [0.29, 0.717) is 11.3 Å². The van der Waals surface area contributed by atoms with Crippen molar-refractivity contribution in [1.82, 2.24) is 0 Å². The summed E-state index contributed by atoms with van der Waals surface area (Å²) in [6.45, 7) is 1.59. The molecule has 21 heavy (non-hydrogen) atoms. The van der Waals surface area contributed by atoms with Gasteiger partial charge in [0.25, 0.3) is 0 Å². The minimum absolute atomic E-state index is 0.381. The van der Waals surface area contributed by atoms with Crippen LogP contribution >= 0.6 is 12.0 Å². The maximum atomic E-state index is 11.9. The van der Waals surface area contributed by atoms with Crippen LogP contribution in [0.1, 0.15) is 12.5 Å². The summed E-state index contributed by atoms with van der Waals surface area (Å²) in [4.78, 5) is 0. The number of hydrogen-bond acceptors (Lipinski definition) is 3. The second kappa shape index (κ2) is 6.67. The van der Waals surface area contributed by atoms with Gasteiger partial charge in [-0.05, 0) is 23.6 Å². The summed E-state index contributed by atoms with van der Waals surface area (Å²) in [5, 5.41) is 3.44. The zero-order valence-electron chi connectivity index (χ0n) is 11.1. The highest BCUT2D eigenvalue weighted by Crippen LogP contribution is 2.31. The third-order valence-electron chi connectivity index (χ3n) is 2.72. The molecule has 0 atom stereocenters. The number of alkyl halides is 3. The first-order valence-electron chi connectivity index (χ1n) is 6.08. The fraction of sp³-hybridized carbons (Fsp3) is 0.133. The molecule has 0 N–H and O–H groups in total.